The van der Waals surface area contributed by atoms with Crippen molar-refractivity contribution in [3.63, 3.8) is 0 Å². The highest BCUT2D eigenvalue weighted by atomic mass is 16.5. The summed E-state index contributed by atoms with van der Waals surface area (Å²) in [5.74, 6) is 1.12. The molecule has 2 saturated heterocycles. The molecule has 1 aromatic rings. The fraction of sp³-hybridized carbons (Fsp3) is 0.708. The number of carbonyl (C=O) groups is 1. The Morgan fingerprint density at radius 1 is 1.17 bits per heavy atom. The van der Waals surface area contributed by atoms with Gasteiger partial charge < -0.3 is 14.5 Å². The van der Waals surface area contributed by atoms with Crippen LogP contribution in [0.15, 0.2) is 18.3 Å². The number of nitriles is 1. The highest BCUT2D eigenvalue weighted by Crippen LogP contribution is 2.54. The van der Waals surface area contributed by atoms with Crippen LogP contribution in [0.5, 0.6) is 0 Å². The lowest BCUT2D eigenvalue weighted by Crippen LogP contribution is -2.60. The van der Waals surface area contributed by atoms with Crippen LogP contribution in [0.1, 0.15) is 81.6 Å². The molecule has 0 unspecified atom stereocenters. The van der Waals surface area contributed by atoms with Crippen molar-refractivity contribution in [2.45, 2.75) is 84.2 Å². The van der Waals surface area contributed by atoms with E-state index in [1.807, 2.05) is 26.0 Å². The molecule has 0 aliphatic carbocycles. The number of carbonyl (C=O) groups excluding carboxylic acids is 1. The monoisotopic (exact) mass is 418 g/mol. The number of hydrogen-bond acceptors (Lipinski definition) is 5. The molecule has 3 heterocycles. The molecule has 0 bridgehead atoms. The molecule has 2 aliphatic heterocycles. The van der Waals surface area contributed by atoms with E-state index in [1.54, 1.807) is 6.20 Å². The summed E-state index contributed by atoms with van der Waals surface area (Å²) in [7, 11) is 0. The van der Waals surface area contributed by atoms with Gasteiger partial charge in [0.1, 0.15) is 11.9 Å². The van der Waals surface area contributed by atoms with E-state index in [-0.39, 0.29) is 19.8 Å². The summed E-state index contributed by atoms with van der Waals surface area (Å²) in [4.78, 5) is 22.2. The fourth-order valence-electron chi connectivity index (χ4n) is 5.50. The maximum absolute atomic E-state index is 13.1. The third kappa shape index (κ3) is 4.05. The Kier molecular flexibility index (Phi) is 8.66. The van der Waals surface area contributed by atoms with Gasteiger partial charge in [-0.3, -0.25) is 4.79 Å². The third-order valence-electron chi connectivity index (χ3n) is 6.83. The molecule has 1 amide bonds. The number of aromatic nitrogens is 1. The first-order valence-corrected chi connectivity index (χ1v) is 11.6. The first kappa shape index (κ1) is 24.1. The molecule has 0 aromatic carbocycles. The van der Waals surface area contributed by atoms with Crippen LogP contribution in [0.2, 0.25) is 0 Å². The van der Waals surface area contributed by atoms with E-state index in [4.69, 9.17) is 10.00 Å². The van der Waals surface area contributed by atoms with Gasteiger partial charge in [0.2, 0.25) is 5.91 Å². The molecular formula is C24H42N4O2. The quantitative estimate of drug-likeness (QED) is 0.554. The van der Waals surface area contributed by atoms with Crippen molar-refractivity contribution in [3.8, 4) is 6.07 Å². The number of nitrogens with zero attached hydrogens (tertiary/aromatic N) is 4. The van der Waals surface area contributed by atoms with Gasteiger partial charge in [0.05, 0.1) is 29.7 Å². The first-order chi connectivity index (χ1) is 14.6. The Balaban J connectivity index is 0.00000234. The first-order valence-electron chi connectivity index (χ1n) is 11.6. The Morgan fingerprint density at radius 2 is 1.87 bits per heavy atom. The molecule has 2 fully saturated rings. The van der Waals surface area contributed by atoms with Gasteiger partial charge in [-0.25, -0.2) is 4.98 Å². The summed E-state index contributed by atoms with van der Waals surface area (Å²) in [6.07, 6.45) is 6.90. The molecule has 0 radical (unpaired) electrons. The molecule has 6 nitrogen and oxygen atoms in total. The number of hydrogen-bond donors (Lipinski definition) is 0. The topological polar surface area (TPSA) is 69.5 Å². The second-order valence-corrected chi connectivity index (χ2v) is 7.85. The minimum atomic E-state index is -0.154. The Bertz CT molecular complexity index is 741. The summed E-state index contributed by atoms with van der Waals surface area (Å²) < 4.78 is 5.56. The normalized spacial score (nSPS) is 24.8. The number of pyridine rings is 1. The van der Waals surface area contributed by atoms with E-state index >= 15 is 0 Å². The molecule has 2 aliphatic rings. The zero-order chi connectivity index (χ0) is 22.2. The van der Waals surface area contributed by atoms with E-state index in [0.29, 0.717) is 25.2 Å². The molecule has 0 saturated carbocycles. The minimum Gasteiger partial charge on any atom is -0.381 e. The van der Waals surface area contributed by atoms with E-state index in [2.05, 4.69) is 41.6 Å². The van der Waals surface area contributed by atoms with Crippen molar-refractivity contribution in [2.24, 2.45) is 0 Å². The highest BCUT2D eigenvalue weighted by Gasteiger charge is 2.64. The number of fused-ring (bicyclic) bond motifs is 1. The van der Waals surface area contributed by atoms with E-state index in [9.17, 15) is 4.79 Å². The third-order valence-corrected chi connectivity index (χ3v) is 6.83. The van der Waals surface area contributed by atoms with E-state index in [0.717, 1.165) is 51.0 Å². The van der Waals surface area contributed by atoms with Crippen LogP contribution >= 0.6 is 0 Å². The van der Waals surface area contributed by atoms with Crippen molar-refractivity contribution >= 4 is 11.7 Å². The number of likely N-dealkylation sites (tertiary alicyclic amines) is 1. The van der Waals surface area contributed by atoms with Gasteiger partial charge in [0, 0.05) is 28.7 Å². The highest BCUT2D eigenvalue weighted by molar-refractivity contribution is 5.78. The predicted molar refractivity (Wildman–Crippen MR) is 125 cm³/mol. The van der Waals surface area contributed by atoms with Crippen LogP contribution in [0.25, 0.3) is 0 Å². The minimum absolute atomic E-state index is 0. The second kappa shape index (κ2) is 10.8. The Labute approximate surface area is 185 Å². The Hall–Kier alpha value is -2.13. The average Bonchev–Trinajstić information content (AvgIpc) is 3.30. The van der Waals surface area contributed by atoms with Crippen molar-refractivity contribution in [1.29, 1.82) is 5.26 Å². The van der Waals surface area contributed by atoms with Crippen LogP contribution in [0.4, 0.5) is 5.82 Å². The molecule has 6 heteroatoms. The average molecular weight is 419 g/mol. The van der Waals surface area contributed by atoms with Crippen molar-refractivity contribution < 1.29 is 12.4 Å². The largest absolute Gasteiger partial charge is 0.381 e. The molecule has 30 heavy (non-hydrogen) atoms. The van der Waals surface area contributed by atoms with Crippen LogP contribution in [-0.2, 0) is 9.53 Å². The molecule has 0 spiro atoms. The number of amides is 1. The summed E-state index contributed by atoms with van der Waals surface area (Å²) in [5, 5.41) is 9.06. The molecule has 1 aromatic heterocycles. The van der Waals surface area contributed by atoms with Gasteiger partial charge in [0.25, 0.3) is 0 Å². The SMILES string of the molecule is CC.CCCOCCC(=O)N1CC[C@@]2(CC)N(c3ccc(C#N)cn3)CC[C@@]12CC.[HH].[HH]. The van der Waals surface area contributed by atoms with Crippen molar-refractivity contribution in [1.82, 2.24) is 9.88 Å². The van der Waals surface area contributed by atoms with Crippen LogP contribution in [-0.4, -0.2) is 53.2 Å². The van der Waals surface area contributed by atoms with Crippen LogP contribution in [0.3, 0.4) is 0 Å². The lowest BCUT2D eigenvalue weighted by molar-refractivity contribution is -0.137. The van der Waals surface area contributed by atoms with E-state index < -0.39 is 0 Å². The van der Waals surface area contributed by atoms with Crippen molar-refractivity contribution in [3.05, 3.63) is 23.9 Å². The number of anilines is 1. The van der Waals surface area contributed by atoms with Gasteiger partial charge >= 0.3 is 0 Å². The smallest absolute Gasteiger partial charge is 0.225 e. The summed E-state index contributed by atoms with van der Waals surface area (Å²) in [6.45, 7) is 13.4. The predicted octanol–water partition coefficient (Wildman–Crippen LogP) is 5.03. The zero-order valence-corrected chi connectivity index (χ0v) is 19.4. The van der Waals surface area contributed by atoms with Gasteiger partial charge in [-0.15, -0.1) is 0 Å². The molecule has 0 N–H and O–H groups in total. The fourth-order valence-corrected chi connectivity index (χ4v) is 5.50. The molecular weight excluding hydrogens is 376 g/mol. The van der Waals surface area contributed by atoms with Gasteiger partial charge in [-0.2, -0.15) is 5.26 Å². The van der Waals surface area contributed by atoms with Gasteiger partial charge in [-0.1, -0.05) is 34.6 Å². The maximum atomic E-state index is 13.1. The summed E-state index contributed by atoms with van der Waals surface area (Å²) in [5.41, 5.74) is 0.327. The summed E-state index contributed by atoms with van der Waals surface area (Å²) >= 11 is 0. The zero-order valence-electron chi connectivity index (χ0n) is 19.4. The second-order valence-electron chi connectivity index (χ2n) is 7.85. The molecule has 3 rings (SSSR count). The molecule has 2 atom stereocenters. The lowest BCUT2D eigenvalue weighted by atomic mass is 9.74. The van der Waals surface area contributed by atoms with Gasteiger partial charge in [0.15, 0.2) is 0 Å². The lowest BCUT2D eigenvalue weighted by Gasteiger charge is -2.48. The van der Waals surface area contributed by atoms with Crippen LogP contribution < -0.4 is 4.90 Å². The molecule has 170 valence electrons. The van der Waals surface area contributed by atoms with Crippen LogP contribution in [0, 0.1) is 11.3 Å². The van der Waals surface area contributed by atoms with Crippen molar-refractivity contribution in [2.75, 3.05) is 31.2 Å². The van der Waals surface area contributed by atoms with E-state index in [1.165, 1.54) is 0 Å². The maximum Gasteiger partial charge on any atom is 0.225 e. The summed E-state index contributed by atoms with van der Waals surface area (Å²) in [6, 6.07) is 5.92. The Morgan fingerprint density at radius 3 is 2.43 bits per heavy atom. The van der Waals surface area contributed by atoms with Gasteiger partial charge in [-0.05, 0) is 44.2 Å². The number of ether oxygens (including phenoxy) is 1. The standard InChI is InChI=1S/C22H32N4O2.C2H6.2H2/c1-4-14-28-15-9-20(27)26-13-11-21(5-2)22(26,6-3)10-12-25(21)19-8-7-18(16-23)17-24-19;1-2;;/h7-8,17H,4-6,9-15H2,1-3H3;1-2H3;2*1H/t21-,22-;;;/m1.../s1. The number of rotatable bonds is 8.